The average molecular weight is 269 g/mol. The third-order valence-electron chi connectivity index (χ3n) is 3.26. The first kappa shape index (κ1) is 12.4. The number of benzene rings is 1. The van der Waals surface area contributed by atoms with Crippen molar-refractivity contribution in [3.05, 3.63) is 53.5 Å². The molecule has 0 aliphatic carbocycles. The van der Waals surface area contributed by atoms with Gasteiger partial charge < -0.3 is 10.1 Å². The molecular formula is C15H12FN3O. The minimum absolute atomic E-state index is 0.114. The second-order valence-corrected chi connectivity index (χ2v) is 4.50. The molecule has 1 aliphatic rings. The Morgan fingerprint density at radius 2 is 2.25 bits per heavy atom. The lowest BCUT2D eigenvalue weighted by atomic mass is 10.00. The quantitative estimate of drug-likeness (QED) is 0.910. The van der Waals surface area contributed by atoms with Crippen LogP contribution in [-0.2, 0) is 0 Å². The van der Waals surface area contributed by atoms with Gasteiger partial charge in [0.05, 0.1) is 18.2 Å². The molecule has 0 spiro atoms. The molecule has 2 heterocycles. The molecule has 3 rings (SSSR count). The topological polar surface area (TPSA) is 57.9 Å². The highest BCUT2D eigenvalue weighted by Gasteiger charge is 2.24. The summed E-state index contributed by atoms with van der Waals surface area (Å²) in [7, 11) is 0. The summed E-state index contributed by atoms with van der Waals surface area (Å²) in [6.45, 7) is 0.431. The Morgan fingerprint density at radius 1 is 1.35 bits per heavy atom. The number of nitriles is 1. The molecule has 1 aromatic heterocycles. The van der Waals surface area contributed by atoms with Crippen molar-refractivity contribution < 1.29 is 9.13 Å². The maximum Gasteiger partial charge on any atom is 0.165 e. The van der Waals surface area contributed by atoms with E-state index < -0.39 is 0 Å². The second-order valence-electron chi connectivity index (χ2n) is 4.50. The Morgan fingerprint density at radius 3 is 3.10 bits per heavy atom. The van der Waals surface area contributed by atoms with E-state index in [2.05, 4.69) is 16.4 Å². The molecule has 1 aromatic carbocycles. The number of anilines is 1. The number of nitrogens with zero attached hydrogens (tertiary/aromatic N) is 2. The Bertz CT molecular complexity index is 681. The van der Waals surface area contributed by atoms with Crippen molar-refractivity contribution in [2.24, 2.45) is 0 Å². The maximum absolute atomic E-state index is 13.7. The van der Waals surface area contributed by atoms with Gasteiger partial charge in [0.25, 0.3) is 0 Å². The van der Waals surface area contributed by atoms with Crippen molar-refractivity contribution in [2.75, 3.05) is 11.9 Å². The van der Waals surface area contributed by atoms with Crippen LogP contribution in [0.25, 0.3) is 0 Å². The van der Waals surface area contributed by atoms with Crippen LogP contribution in [0, 0.1) is 17.1 Å². The first-order chi connectivity index (χ1) is 9.79. The number of nitrogens with one attached hydrogen (secondary N) is 1. The minimum atomic E-state index is -0.365. The molecule has 20 heavy (non-hydrogen) atoms. The zero-order chi connectivity index (χ0) is 13.9. The van der Waals surface area contributed by atoms with E-state index in [0.29, 0.717) is 24.4 Å². The highest BCUT2D eigenvalue weighted by Crippen LogP contribution is 2.36. The lowest BCUT2D eigenvalue weighted by molar-refractivity contribution is 0.260. The van der Waals surface area contributed by atoms with Gasteiger partial charge in [0, 0.05) is 18.2 Å². The Balaban J connectivity index is 1.94. The number of pyridine rings is 1. The number of aromatic nitrogens is 1. The fraction of sp³-hybridized carbons (Fsp3) is 0.200. The number of halogens is 1. The fourth-order valence-electron chi connectivity index (χ4n) is 2.31. The van der Waals surface area contributed by atoms with Gasteiger partial charge in [0.1, 0.15) is 11.9 Å². The molecule has 4 nitrogen and oxygen atoms in total. The van der Waals surface area contributed by atoms with E-state index in [1.54, 1.807) is 24.4 Å². The fourth-order valence-corrected chi connectivity index (χ4v) is 2.31. The summed E-state index contributed by atoms with van der Waals surface area (Å²) in [5, 5.41) is 12.3. The summed E-state index contributed by atoms with van der Waals surface area (Å²) >= 11 is 0. The molecule has 1 aliphatic heterocycles. The molecule has 0 radical (unpaired) electrons. The van der Waals surface area contributed by atoms with Gasteiger partial charge in [0.15, 0.2) is 11.6 Å². The average Bonchev–Trinajstić information content (AvgIpc) is 2.49. The van der Waals surface area contributed by atoms with Gasteiger partial charge in [-0.2, -0.15) is 5.26 Å². The van der Waals surface area contributed by atoms with Gasteiger partial charge >= 0.3 is 0 Å². The van der Waals surface area contributed by atoms with Crippen LogP contribution in [-0.4, -0.2) is 11.6 Å². The largest absolute Gasteiger partial charge is 0.490 e. The van der Waals surface area contributed by atoms with Crippen molar-refractivity contribution in [1.82, 2.24) is 4.98 Å². The molecule has 2 aromatic rings. The predicted molar refractivity (Wildman–Crippen MR) is 71.8 cm³/mol. The van der Waals surface area contributed by atoms with Crippen molar-refractivity contribution in [1.29, 1.82) is 5.26 Å². The smallest absolute Gasteiger partial charge is 0.165 e. The van der Waals surface area contributed by atoms with Crippen LogP contribution in [0.1, 0.15) is 23.6 Å². The lowest BCUT2D eigenvalue weighted by Gasteiger charge is -2.27. The molecule has 0 bridgehead atoms. The minimum Gasteiger partial charge on any atom is -0.490 e. The molecule has 0 unspecified atom stereocenters. The van der Waals surface area contributed by atoms with Crippen molar-refractivity contribution in [3.63, 3.8) is 0 Å². The summed E-state index contributed by atoms with van der Waals surface area (Å²) < 4.78 is 19.1. The SMILES string of the molecule is N#Cc1cccnc1N[C@H]1CCOc2c(F)cccc21. The zero-order valence-corrected chi connectivity index (χ0v) is 10.6. The van der Waals surface area contributed by atoms with Crippen LogP contribution >= 0.6 is 0 Å². The van der Waals surface area contributed by atoms with E-state index in [0.717, 1.165) is 5.56 Å². The molecule has 1 N–H and O–H groups in total. The standard InChI is InChI=1S/C15H12FN3O/c16-12-5-1-4-11-13(6-8-20-14(11)12)19-15-10(9-17)3-2-7-18-15/h1-5,7,13H,6,8H2,(H,18,19)/t13-/m0/s1. The highest BCUT2D eigenvalue weighted by atomic mass is 19.1. The molecule has 0 saturated carbocycles. The van der Waals surface area contributed by atoms with Crippen molar-refractivity contribution in [2.45, 2.75) is 12.5 Å². The maximum atomic E-state index is 13.7. The number of rotatable bonds is 2. The summed E-state index contributed by atoms with van der Waals surface area (Å²) in [6, 6.07) is 10.2. The third kappa shape index (κ3) is 2.16. The van der Waals surface area contributed by atoms with Crippen LogP contribution in [0.4, 0.5) is 10.2 Å². The number of hydrogen-bond donors (Lipinski definition) is 1. The van der Waals surface area contributed by atoms with Crippen molar-refractivity contribution >= 4 is 5.82 Å². The van der Waals surface area contributed by atoms with E-state index in [-0.39, 0.29) is 17.6 Å². The van der Waals surface area contributed by atoms with Crippen LogP contribution in [0.3, 0.4) is 0 Å². The molecule has 1 atom stereocenters. The zero-order valence-electron chi connectivity index (χ0n) is 10.6. The molecule has 0 amide bonds. The summed E-state index contributed by atoms with van der Waals surface area (Å²) in [5.74, 6) is 0.429. The van der Waals surface area contributed by atoms with Crippen LogP contribution < -0.4 is 10.1 Å². The molecule has 0 fully saturated rings. The lowest BCUT2D eigenvalue weighted by Crippen LogP contribution is -2.22. The Hall–Kier alpha value is -2.61. The number of ether oxygens (including phenoxy) is 1. The van der Waals surface area contributed by atoms with Gasteiger partial charge in [-0.15, -0.1) is 0 Å². The number of fused-ring (bicyclic) bond motifs is 1. The number of hydrogen-bond acceptors (Lipinski definition) is 4. The highest BCUT2D eigenvalue weighted by molar-refractivity contribution is 5.54. The van der Waals surface area contributed by atoms with Gasteiger partial charge in [-0.05, 0) is 18.2 Å². The second kappa shape index (κ2) is 5.17. The van der Waals surface area contributed by atoms with Crippen LogP contribution in [0.5, 0.6) is 5.75 Å². The Labute approximate surface area is 115 Å². The third-order valence-corrected chi connectivity index (χ3v) is 3.26. The van der Waals surface area contributed by atoms with E-state index in [9.17, 15) is 4.39 Å². The van der Waals surface area contributed by atoms with Crippen molar-refractivity contribution in [3.8, 4) is 11.8 Å². The van der Waals surface area contributed by atoms with E-state index >= 15 is 0 Å². The normalized spacial score (nSPS) is 16.7. The first-order valence-electron chi connectivity index (χ1n) is 6.32. The van der Waals surface area contributed by atoms with Gasteiger partial charge in [-0.25, -0.2) is 9.37 Å². The Kier molecular flexibility index (Phi) is 3.21. The van der Waals surface area contributed by atoms with E-state index in [1.807, 2.05) is 6.07 Å². The van der Waals surface area contributed by atoms with Gasteiger partial charge in [0.2, 0.25) is 0 Å². The summed E-state index contributed by atoms with van der Waals surface area (Å²) in [5.41, 5.74) is 1.22. The van der Waals surface area contributed by atoms with Crippen LogP contribution in [0.2, 0.25) is 0 Å². The molecule has 5 heteroatoms. The van der Waals surface area contributed by atoms with Gasteiger partial charge in [-0.3, -0.25) is 0 Å². The van der Waals surface area contributed by atoms with E-state index in [1.165, 1.54) is 6.07 Å². The molecule has 0 saturated heterocycles. The molecule has 100 valence electrons. The predicted octanol–water partition coefficient (Wildman–Crippen LogP) is 3.03. The van der Waals surface area contributed by atoms with Gasteiger partial charge in [-0.1, -0.05) is 12.1 Å². The number of para-hydroxylation sites is 1. The summed E-state index contributed by atoms with van der Waals surface area (Å²) in [4.78, 5) is 4.17. The monoisotopic (exact) mass is 269 g/mol. The van der Waals surface area contributed by atoms with Crippen LogP contribution in [0.15, 0.2) is 36.5 Å². The van der Waals surface area contributed by atoms with E-state index in [4.69, 9.17) is 10.00 Å². The summed E-state index contributed by atoms with van der Waals surface area (Å²) in [6.07, 6.45) is 2.31. The first-order valence-corrected chi connectivity index (χ1v) is 6.32. The molecular weight excluding hydrogens is 257 g/mol.